The van der Waals surface area contributed by atoms with Crippen molar-refractivity contribution < 1.29 is 8.42 Å². The molecule has 1 atom stereocenters. The lowest BCUT2D eigenvalue weighted by Crippen LogP contribution is -2.35. The van der Waals surface area contributed by atoms with Crippen LogP contribution in [0.15, 0.2) is 0 Å². The third kappa shape index (κ3) is 3.11. The monoisotopic (exact) mass is 193 g/mol. The van der Waals surface area contributed by atoms with Crippen molar-refractivity contribution >= 4 is 9.84 Å². The number of sulfone groups is 1. The van der Waals surface area contributed by atoms with E-state index < -0.39 is 9.84 Å². The van der Waals surface area contributed by atoms with Crippen molar-refractivity contribution in [3.05, 3.63) is 0 Å². The van der Waals surface area contributed by atoms with E-state index in [9.17, 15) is 8.42 Å². The van der Waals surface area contributed by atoms with Gasteiger partial charge in [-0.25, -0.2) is 8.42 Å². The molecule has 0 saturated heterocycles. The van der Waals surface area contributed by atoms with E-state index >= 15 is 0 Å². The van der Waals surface area contributed by atoms with Crippen molar-refractivity contribution in [1.82, 2.24) is 5.32 Å². The summed E-state index contributed by atoms with van der Waals surface area (Å²) in [6, 6.07) is 0. The molecule has 0 heterocycles. The van der Waals surface area contributed by atoms with Crippen LogP contribution in [0.25, 0.3) is 0 Å². The molecule has 0 aromatic carbocycles. The van der Waals surface area contributed by atoms with Gasteiger partial charge in [-0.2, -0.15) is 0 Å². The fourth-order valence-corrected chi connectivity index (χ4v) is 2.21. The fourth-order valence-electron chi connectivity index (χ4n) is 0.928. The number of hydrogen-bond acceptors (Lipinski definition) is 3. The highest BCUT2D eigenvalue weighted by Gasteiger charge is 2.23. The van der Waals surface area contributed by atoms with Gasteiger partial charge in [0.25, 0.3) is 0 Å². The van der Waals surface area contributed by atoms with Crippen LogP contribution >= 0.6 is 0 Å². The van der Waals surface area contributed by atoms with Crippen molar-refractivity contribution in [2.24, 2.45) is 0 Å². The van der Waals surface area contributed by atoms with E-state index in [0.717, 1.165) is 6.54 Å². The Morgan fingerprint density at radius 1 is 1.25 bits per heavy atom. The smallest absolute Gasteiger partial charge is 0.156 e. The molecule has 0 aromatic rings. The summed E-state index contributed by atoms with van der Waals surface area (Å²) in [5, 5.41) is 2.48. The van der Waals surface area contributed by atoms with Crippen LogP contribution in [0.2, 0.25) is 0 Å². The van der Waals surface area contributed by atoms with Crippen LogP contribution in [0.4, 0.5) is 0 Å². The van der Waals surface area contributed by atoms with Crippen molar-refractivity contribution in [3.63, 3.8) is 0 Å². The molecule has 4 heteroatoms. The van der Waals surface area contributed by atoms with E-state index in [4.69, 9.17) is 0 Å². The van der Waals surface area contributed by atoms with Gasteiger partial charge >= 0.3 is 0 Å². The Morgan fingerprint density at radius 3 is 2.08 bits per heavy atom. The highest BCUT2D eigenvalue weighted by Crippen LogP contribution is 2.07. The molecule has 0 aliphatic rings. The van der Waals surface area contributed by atoms with Gasteiger partial charge in [0, 0.05) is 6.54 Å². The summed E-state index contributed by atoms with van der Waals surface area (Å²) in [5.41, 5.74) is 0. The van der Waals surface area contributed by atoms with E-state index in [1.165, 1.54) is 0 Å². The number of nitrogens with one attached hydrogen (secondary N) is 1. The molecule has 0 rings (SSSR count). The predicted molar refractivity (Wildman–Crippen MR) is 52.1 cm³/mol. The summed E-state index contributed by atoms with van der Waals surface area (Å²) >= 11 is 0. The first kappa shape index (κ1) is 11.9. The van der Waals surface area contributed by atoms with Gasteiger partial charge in [0.15, 0.2) is 9.84 Å². The first-order valence-corrected chi connectivity index (χ1v) is 5.97. The third-order valence-corrected chi connectivity index (χ3v) is 4.50. The molecule has 0 saturated carbocycles. The summed E-state index contributed by atoms with van der Waals surface area (Å²) in [4.78, 5) is 0. The van der Waals surface area contributed by atoms with Gasteiger partial charge < -0.3 is 5.32 Å². The Balaban J connectivity index is 4.17. The third-order valence-electron chi connectivity index (χ3n) is 1.90. The molecule has 0 bridgehead atoms. The molecule has 1 N–H and O–H groups in total. The topological polar surface area (TPSA) is 46.2 Å². The maximum atomic E-state index is 11.5. The largest absolute Gasteiger partial charge is 0.316 e. The van der Waals surface area contributed by atoms with Crippen LogP contribution in [0.1, 0.15) is 27.7 Å². The highest BCUT2D eigenvalue weighted by molar-refractivity contribution is 7.92. The van der Waals surface area contributed by atoms with Crippen molar-refractivity contribution in [2.75, 3.05) is 13.1 Å². The molecule has 0 fully saturated rings. The average molecular weight is 193 g/mol. The van der Waals surface area contributed by atoms with E-state index in [0.29, 0.717) is 6.54 Å². The number of hydrogen-bond donors (Lipinski definition) is 1. The average Bonchev–Trinajstić information content (AvgIpc) is 1.99. The van der Waals surface area contributed by atoms with Crippen LogP contribution < -0.4 is 5.32 Å². The minimum atomic E-state index is -2.91. The second-order valence-corrected chi connectivity index (χ2v) is 6.18. The van der Waals surface area contributed by atoms with Crippen molar-refractivity contribution in [1.29, 1.82) is 0 Å². The second-order valence-electron chi connectivity index (χ2n) is 3.26. The predicted octanol–water partition coefficient (Wildman–Crippen LogP) is 0.808. The molecule has 1 unspecified atom stereocenters. The first-order chi connectivity index (χ1) is 5.42. The Hall–Kier alpha value is -0.0900. The van der Waals surface area contributed by atoms with Gasteiger partial charge in [-0.3, -0.25) is 0 Å². The maximum absolute atomic E-state index is 11.5. The summed E-state index contributed by atoms with van der Waals surface area (Å²) in [6.07, 6.45) is 0. The normalized spacial score (nSPS) is 15.1. The van der Waals surface area contributed by atoms with Gasteiger partial charge in [-0.1, -0.05) is 6.92 Å². The molecular formula is C8H19NO2S. The van der Waals surface area contributed by atoms with Gasteiger partial charge in [-0.15, -0.1) is 0 Å². The van der Waals surface area contributed by atoms with Crippen LogP contribution in [0, 0.1) is 0 Å². The molecule has 74 valence electrons. The van der Waals surface area contributed by atoms with Crippen LogP contribution in [0.5, 0.6) is 0 Å². The lowest BCUT2D eigenvalue weighted by Gasteiger charge is -2.15. The Labute approximate surface area is 75.5 Å². The summed E-state index contributed by atoms with van der Waals surface area (Å²) < 4.78 is 23.0. The van der Waals surface area contributed by atoms with Crippen molar-refractivity contribution in [2.45, 2.75) is 38.2 Å². The Bertz CT molecular complexity index is 209. The second kappa shape index (κ2) is 4.82. The zero-order valence-corrected chi connectivity index (χ0v) is 9.11. The van der Waals surface area contributed by atoms with E-state index in [1.807, 2.05) is 6.92 Å². The fraction of sp³-hybridized carbons (Fsp3) is 1.00. The molecule has 12 heavy (non-hydrogen) atoms. The molecule has 0 amide bonds. The van der Waals surface area contributed by atoms with Crippen LogP contribution in [0.3, 0.4) is 0 Å². The SMILES string of the molecule is CCNCC(C)S(=O)(=O)C(C)C. The standard InChI is InChI=1S/C8H19NO2S/c1-5-9-6-8(4)12(10,11)7(2)3/h7-9H,5-6H2,1-4H3. The lowest BCUT2D eigenvalue weighted by molar-refractivity contribution is 0.566. The van der Waals surface area contributed by atoms with Crippen molar-refractivity contribution in [3.8, 4) is 0 Å². The zero-order chi connectivity index (χ0) is 9.78. The molecular weight excluding hydrogens is 174 g/mol. The first-order valence-electron chi connectivity index (χ1n) is 4.36. The van der Waals surface area contributed by atoms with Gasteiger partial charge in [-0.05, 0) is 27.3 Å². The molecule has 0 radical (unpaired) electrons. The molecule has 0 aromatic heterocycles. The summed E-state index contributed by atoms with van der Waals surface area (Å²) in [6.45, 7) is 8.53. The van der Waals surface area contributed by atoms with Gasteiger partial charge in [0.2, 0.25) is 0 Å². The minimum Gasteiger partial charge on any atom is -0.316 e. The molecule has 3 nitrogen and oxygen atoms in total. The van der Waals surface area contributed by atoms with Crippen LogP contribution in [-0.4, -0.2) is 32.0 Å². The quantitative estimate of drug-likeness (QED) is 0.703. The maximum Gasteiger partial charge on any atom is 0.156 e. The summed E-state index contributed by atoms with van der Waals surface area (Å²) in [5.74, 6) is 0. The van der Waals surface area contributed by atoms with E-state index in [1.54, 1.807) is 20.8 Å². The molecule has 0 spiro atoms. The van der Waals surface area contributed by atoms with E-state index in [-0.39, 0.29) is 10.5 Å². The summed E-state index contributed by atoms with van der Waals surface area (Å²) in [7, 11) is -2.91. The highest BCUT2D eigenvalue weighted by atomic mass is 32.2. The van der Waals surface area contributed by atoms with E-state index in [2.05, 4.69) is 5.32 Å². The Morgan fingerprint density at radius 2 is 1.75 bits per heavy atom. The minimum absolute atomic E-state index is 0.272. The van der Waals surface area contributed by atoms with Crippen LogP contribution in [-0.2, 0) is 9.84 Å². The number of rotatable bonds is 5. The van der Waals surface area contributed by atoms with Gasteiger partial charge in [0.05, 0.1) is 10.5 Å². The zero-order valence-electron chi connectivity index (χ0n) is 8.29. The Kier molecular flexibility index (Phi) is 4.78. The lowest BCUT2D eigenvalue weighted by atomic mass is 10.5. The molecule has 0 aliphatic carbocycles. The van der Waals surface area contributed by atoms with Gasteiger partial charge in [0.1, 0.15) is 0 Å². The molecule has 0 aliphatic heterocycles.